The van der Waals surface area contributed by atoms with Gasteiger partial charge in [-0.1, -0.05) is 43.3 Å². The Morgan fingerprint density at radius 3 is 2.38 bits per heavy atom. The van der Waals surface area contributed by atoms with Crippen LogP contribution in [0.1, 0.15) is 43.1 Å². The van der Waals surface area contributed by atoms with Crippen LogP contribution in [0.2, 0.25) is 0 Å². The minimum absolute atomic E-state index is 0.121. The number of nitrogens with one attached hydrogen (secondary N) is 2. The van der Waals surface area contributed by atoms with Gasteiger partial charge in [-0.2, -0.15) is 0 Å². The molecule has 2 aromatic rings. The molecular weight excluding hydrogens is 344 g/mol. The lowest BCUT2D eigenvalue weighted by Gasteiger charge is -2.13. The van der Waals surface area contributed by atoms with E-state index in [-0.39, 0.29) is 11.8 Å². The van der Waals surface area contributed by atoms with Crippen LogP contribution in [0.25, 0.3) is 0 Å². The Morgan fingerprint density at radius 2 is 1.77 bits per heavy atom. The second kappa shape index (κ2) is 9.43. The van der Waals surface area contributed by atoms with E-state index >= 15 is 0 Å². The van der Waals surface area contributed by atoms with Crippen molar-refractivity contribution in [1.29, 1.82) is 0 Å². The van der Waals surface area contributed by atoms with Crippen LogP contribution in [-0.2, 0) is 4.79 Å². The van der Waals surface area contributed by atoms with Gasteiger partial charge in [0, 0.05) is 28.8 Å². The first kappa shape index (κ1) is 20.0. The molecule has 0 aliphatic carbocycles. The van der Waals surface area contributed by atoms with Crippen LogP contribution in [-0.4, -0.2) is 18.4 Å². The van der Waals surface area contributed by atoms with E-state index in [9.17, 15) is 9.59 Å². The van der Waals surface area contributed by atoms with Gasteiger partial charge in [-0.25, -0.2) is 0 Å². The van der Waals surface area contributed by atoms with Crippen molar-refractivity contribution in [2.24, 2.45) is 5.92 Å². The summed E-state index contributed by atoms with van der Waals surface area (Å²) in [7, 11) is 0. The summed E-state index contributed by atoms with van der Waals surface area (Å²) in [5, 5.41) is 5.76. The van der Waals surface area contributed by atoms with Gasteiger partial charge >= 0.3 is 0 Å². The number of carbonyl (C=O) groups is 2. The zero-order valence-electron chi connectivity index (χ0n) is 15.8. The molecule has 0 aliphatic rings. The zero-order valence-corrected chi connectivity index (χ0v) is 16.6. The van der Waals surface area contributed by atoms with Crippen molar-refractivity contribution < 1.29 is 9.59 Å². The molecule has 138 valence electrons. The minimum Gasteiger partial charge on any atom is -0.352 e. The zero-order chi connectivity index (χ0) is 19.1. The van der Waals surface area contributed by atoms with Crippen molar-refractivity contribution in [2.75, 3.05) is 11.9 Å². The molecule has 0 aromatic heterocycles. The van der Waals surface area contributed by atoms with Crippen LogP contribution < -0.4 is 10.6 Å². The van der Waals surface area contributed by atoms with Crippen molar-refractivity contribution in [1.82, 2.24) is 5.32 Å². The molecule has 0 saturated carbocycles. The summed E-state index contributed by atoms with van der Waals surface area (Å²) >= 11 is 1.56. The average molecular weight is 371 g/mol. The van der Waals surface area contributed by atoms with Crippen LogP contribution in [0.3, 0.4) is 0 Å². The van der Waals surface area contributed by atoms with Gasteiger partial charge in [0.05, 0.1) is 5.69 Å². The van der Waals surface area contributed by atoms with E-state index in [4.69, 9.17) is 0 Å². The molecule has 2 rings (SSSR count). The maximum Gasteiger partial charge on any atom is 0.251 e. The number of carbonyl (C=O) groups excluding carboxylic acids is 2. The van der Waals surface area contributed by atoms with E-state index in [2.05, 4.69) is 36.6 Å². The Kier molecular flexibility index (Phi) is 7.27. The van der Waals surface area contributed by atoms with Gasteiger partial charge in [-0.3, -0.25) is 9.59 Å². The van der Waals surface area contributed by atoms with Gasteiger partial charge in [0.25, 0.3) is 5.91 Å². The molecule has 2 aromatic carbocycles. The third-order valence-electron chi connectivity index (χ3n) is 3.81. The maximum absolute atomic E-state index is 12.3. The van der Waals surface area contributed by atoms with E-state index in [0.29, 0.717) is 23.7 Å². The third kappa shape index (κ3) is 6.23. The van der Waals surface area contributed by atoms with Gasteiger partial charge in [-0.05, 0) is 49.6 Å². The number of rotatable bonds is 7. The van der Waals surface area contributed by atoms with Crippen molar-refractivity contribution >= 4 is 29.3 Å². The monoisotopic (exact) mass is 370 g/mol. The van der Waals surface area contributed by atoms with Crippen LogP contribution in [0.4, 0.5) is 5.69 Å². The van der Waals surface area contributed by atoms with Crippen LogP contribution in [0.5, 0.6) is 0 Å². The maximum atomic E-state index is 12.3. The summed E-state index contributed by atoms with van der Waals surface area (Å²) in [6.07, 6.45) is 0.936. The highest BCUT2D eigenvalue weighted by Crippen LogP contribution is 2.34. The first-order chi connectivity index (χ1) is 12.3. The van der Waals surface area contributed by atoms with E-state index in [1.165, 1.54) is 12.5 Å². The summed E-state index contributed by atoms with van der Waals surface area (Å²) in [6, 6.07) is 13.6. The molecule has 26 heavy (non-hydrogen) atoms. The number of hydrogen-bond acceptors (Lipinski definition) is 3. The van der Waals surface area contributed by atoms with E-state index in [1.807, 2.05) is 25.1 Å². The Morgan fingerprint density at radius 1 is 1.08 bits per heavy atom. The topological polar surface area (TPSA) is 58.2 Å². The van der Waals surface area contributed by atoms with Gasteiger partial charge in [0.1, 0.15) is 0 Å². The fourth-order valence-corrected chi connectivity index (χ4v) is 3.24. The standard InChI is InChI=1S/C21H26N2O2S/c1-14(2)11-12-22-21(25)17-7-10-20(19(13-17)23-16(4)24)26-18-8-5-15(3)6-9-18/h5-10,13-14H,11-12H2,1-4H3,(H,22,25)(H,23,24). The van der Waals surface area contributed by atoms with Gasteiger partial charge in [-0.15, -0.1) is 0 Å². The molecule has 0 heterocycles. The summed E-state index contributed by atoms with van der Waals surface area (Å²) in [4.78, 5) is 25.9. The number of anilines is 1. The fourth-order valence-electron chi connectivity index (χ4n) is 2.36. The van der Waals surface area contributed by atoms with Crippen LogP contribution >= 0.6 is 11.8 Å². The van der Waals surface area contributed by atoms with Crippen molar-refractivity contribution in [3.63, 3.8) is 0 Å². The first-order valence-electron chi connectivity index (χ1n) is 8.79. The smallest absolute Gasteiger partial charge is 0.251 e. The highest BCUT2D eigenvalue weighted by Gasteiger charge is 2.12. The van der Waals surface area contributed by atoms with Crippen LogP contribution in [0, 0.1) is 12.8 Å². The lowest BCUT2D eigenvalue weighted by molar-refractivity contribution is -0.114. The largest absolute Gasteiger partial charge is 0.352 e. The fraction of sp³-hybridized carbons (Fsp3) is 0.333. The van der Waals surface area contributed by atoms with Gasteiger partial charge in [0.15, 0.2) is 0 Å². The summed E-state index contributed by atoms with van der Waals surface area (Å²) in [5.74, 6) is 0.260. The molecule has 0 unspecified atom stereocenters. The number of hydrogen-bond donors (Lipinski definition) is 2. The Labute approximate surface area is 159 Å². The Bertz CT molecular complexity index is 770. The summed E-state index contributed by atoms with van der Waals surface area (Å²) in [6.45, 7) is 8.40. The Hall–Kier alpha value is -2.27. The van der Waals surface area contributed by atoms with Crippen molar-refractivity contribution in [3.05, 3.63) is 53.6 Å². The summed E-state index contributed by atoms with van der Waals surface area (Å²) < 4.78 is 0. The molecule has 4 nitrogen and oxygen atoms in total. The number of aryl methyl sites for hydroxylation is 1. The highest BCUT2D eigenvalue weighted by molar-refractivity contribution is 7.99. The third-order valence-corrected chi connectivity index (χ3v) is 4.89. The van der Waals surface area contributed by atoms with Crippen LogP contribution in [0.15, 0.2) is 52.3 Å². The van der Waals surface area contributed by atoms with Gasteiger partial charge < -0.3 is 10.6 Å². The molecule has 0 bridgehead atoms. The van der Waals surface area contributed by atoms with Gasteiger partial charge in [0.2, 0.25) is 5.91 Å². The molecule has 0 atom stereocenters. The highest BCUT2D eigenvalue weighted by atomic mass is 32.2. The second-order valence-electron chi connectivity index (χ2n) is 6.75. The lowest BCUT2D eigenvalue weighted by atomic mass is 10.1. The lowest BCUT2D eigenvalue weighted by Crippen LogP contribution is -2.25. The quantitative estimate of drug-likeness (QED) is 0.730. The number of amides is 2. The van der Waals surface area contributed by atoms with E-state index in [0.717, 1.165) is 16.2 Å². The van der Waals surface area contributed by atoms with E-state index < -0.39 is 0 Å². The molecule has 0 aliphatic heterocycles. The average Bonchev–Trinajstić information content (AvgIpc) is 2.57. The Balaban J connectivity index is 2.19. The predicted molar refractivity (Wildman–Crippen MR) is 108 cm³/mol. The normalized spacial score (nSPS) is 10.7. The summed E-state index contributed by atoms with van der Waals surface area (Å²) in [5.41, 5.74) is 2.40. The molecule has 0 saturated heterocycles. The number of benzene rings is 2. The molecule has 0 fully saturated rings. The van der Waals surface area contributed by atoms with Crippen molar-refractivity contribution in [3.8, 4) is 0 Å². The van der Waals surface area contributed by atoms with E-state index in [1.54, 1.807) is 23.9 Å². The predicted octanol–water partition coefficient (Wildman–Crippen LogP) is 4.88. The van der Waals surface area contributed by atoms with Crippen molar-refractivity contribution in [2.45, 2.75) is 43.9 Å². The minimum atomic E-state index is -0.159. The molecule has 2 amide bonds. The second-order valence-corrected chi connectivity index (χ2v) is 7.86. The molecule has 0 spiro atoms. The molecular formula is C21H26N2O2S. The molecule has 5 heteroatoms. The molecule has 0 radical (unpaired) electrons. The SMILES string of the molecule is CC(=O)Nc1cc(C(=O)NCCC(C)C)ccc1Sc1ccc(C)cc1. The first-order valence-corrected chi connectivity index (χ1v) is 9.61. The molecule has 2 N–H and O–H groups in total.